The van der Waals surface area contributed by atoms with E-state index in [0.29, 0.717) is 13.1 Å². The van der Waals surface area contributed by atoms with Crippen molar-refractivity contribution in [1.82, 2.24) is 25.2 Å². The first kappa shape index (κ1) is 13.8. The zero-order valence-corrected chi connectivity index (χ0v) is 11.9. The van der Waals surface area contributed by atoms with E-state index in [1.807, 2.05) is 27.8 Å². The van der Waals surface area contributed by atoms with E-state index < -0.39 is 5.60 Å². The molecule has 0 aliphatic carbocycles. The molecule has 1 aliphatic rings. The molecule has 1 fully saturated rings. The Bertz CT molecular complexity index is 451. The summed E-state index contributed by atoms with van der Waals surface area (Å²) in [6.07, 6.45) is 1.40. The monoisotopic (exact) mass is 267 g/mol. The van der Waals surface area contributed by atoms with E-state index >= 15 is 0 Å². The van der Waals surface area contributed by atoms with Crippen molar-refractivity contribution >= 4 is 6.09 Å². The molecule has 0 bridgehead atoms. The molecule has 7 nitrogen and oxygen atoms in total. The molecule has 106 valence electrons. The van der Waals surface area contributed by atoms with Crippen LogP contribution in [-0.2, 0) is 11.8 Å². The molecule has 1 amide bonds. The van der Waals surface area contributed by atoms with Crippen LogP contribution in [0, 0.1) is 0 Å². The first-order valence-electron chi connectivity index (χ1n) is 6.43. The third kappa shape index (κ3) is 3.23. The van der Waals surface area contributed by atoms with E-state index in [-0.39, 0.29) is 12.1 Å². The fourth-order valence-corrected chi connectivity index (χ4v) is 2.11. The van der Waals surface area contributed by atoms with Crippen molar-refractivity contribution in [2.75, 3.05) is 19.6 Å². The number of aromatic nitrogens is 3. The third-order valence-corrected chi connectivity index (χ3v) is 2.96. The lowest BCUT2D eigenvalue weighted by Crippen LogP contribution is -2.50. The van der Waals surface area contributed by atoms with Crippen LogP contribution in [0.1, 0.15) is 32.5 Å². The number of carbonyl (C=O) groups is 1. The lowest BCUT2D eigenvalue weighted by molar-refractivity contribution is 0.0109. The average Bonchev–Trinajstić information content (AvgIpc) is 2.73. The quantitative estimate of drug-likeness (QED) is 0.810. The normalized spacial score (nSPS) is 20.4. The van der Waals surface area contributed by atoms with Crippen molar-refractivity contribution in [3.63, 3.8) is 0 Å². The molecule has 0 spiro atoms. The Morgan fingerprint density at radius 2 is 2.26 bits per heavy atom. The molecular weight excluding hydrogens is 246 g/mol. The highest BCUT2D eigenvalue weighted by Gasteiger charge is 2.33. The molecule has 1 aromatic heterocycles. The molecule has 1 aromatic rings. The van der Waals surface area contributed by atoms with Crippen molar-refractivity contribution in [3.8, 4) is 0 Å². The first-order valence-corrected chi connectivity index (χ1v) is 6.43. The molecule has 19 heavy (non-hydrogen) atoms. The van der Waals surface area contributed by atoms with E-state index in [2.05, 4.69) is 15.6 Å². The molecule has 2 heterocycles. The van der Waals surface area contributed by atoms with Crippen molar-refractivity contribution in [2.24, 2.45) is 7.05 Å². The summed E-state index contributed by atoms with van der Waals surface area (Å²) in [6, 6.07) is -0.0939. The summed E-state index contributed by atoms with van der Waals surface area (Å²) in [5, 5.41) is 11.1. The summed E-state index contributed by atoms with van der Waals surface area (Å²) in [5.74, 6) is 0. The smallest absolute Gasteiger partial charge is 0.410 e. The number of aryl methyl sites for hydroxylation is 1. The third-order valence-electron chi connectivity index (χ3n) is 2.96. The van der Waals surface area contributed by atoms with Gasteiger partial charge >= 0.3 is 6.09 Å². The minimum atomic E-state index is -0.489. The fraction of sp³-hybridized carbons (Fsp3) is 0.750. The van der Waals surface area contributed by atoms with E-state index in [1.54, 1.807) is 15.8 Å². The Balaban J connectivity index is 2.17. The van der Waals surface area contributed by atoms with E-state index in [4.69, 9.17) is 4.74 Å². The zero-order valence-electron chi connectivity index (χ0n) is 11.9. The molecule has 7 heteroatoms. The number of piperazine rings is 1. The number of ether oxygens (including phenoxy) is 1. The second kappa shape index (κ2) is 5.16. The predicted molar refractivity (Wildman–Crippen MR) is 69.6 cm³/mol. The Morgan fingerprint density at radius 3 is 2.84 bits per heavy atom. The van der Waals surface area contributed by atoms with Gasteiger partial charge in [-0.05, 0) is 20.8 Å². The van der Waals surface area contributed by atoms with Crippen molar-refractivity contribution in [2.45, 2.75) is 32.4 Å². The highest BCUT2D eigenvalue weighted by molar-refractivity contribution is 5.69. The molecule has 2 rings (SSSR count). The van der Waals surface area contributed by atoms with Crippen LogP contribution >= 0.6 is 0 Å². The summed E-state index contributed by atoms with van der Waals surface area (Å²) >= 11 is 0. The molecule has 1 unspecified atom stereocenters. The van der Waals surface area contributed by atoms with Gasteiger partial charge in [0.15, 0.2) is 0 Å². The Labute approximate surface area is 112 Å². The van der Waals surface area contributed by atoms with Crippen LogP contribution in [0.2, 0.25) is 0 Å². The average molecular weight is 267 g/mol. The highest BCUT2D eigenvalue weighted by atomic mass is 16.6. The summed E-state index contributed by atoms with van der Waals surface area (Å²) in [4.78, 5) is 14.0. The number of nitrogens with one attached hydrogen (secondary N) is 1. The van der Waals surface area contributed by atoms with Crippen LogP contribution < -0.4 is 5.32 Å². The van der Waals surface area contributed by atoms with Crippen LogP contribution in [0.3, 0.4) is 0 Å². The molecule has 0 radical (unpaired) electrons. The molecule has 0 saturated carbocycles. The van der Waals surface area contributed by atoms with Gasteiger partial charge in [-0.15, -0.1) is 5.10 Å². The van der Waals surface area contributed by atoms with Gasteiger partial charge in [-0.3, -0.25) is 9.58 Å². The number of hydrogen-bond acceptors (Lipinski definition) is 5. The molecule has 1 aliphatic heterocycles. The largest absolute Gasteiger partial charge is 0.444 e. The van der Waals surface area contributed by atoms with Crippen LogP contribution in [0.4, 0.5) is 4.79 Å². The molecule has 1 atom stereocenters. The number of rotatable bonds is 1. The summed E-state index contributed by atoms with van der Waals surface area (Å²) in [5.41, 5.74) is 0.412. The summed E-state index contributed by atoms with van der Waals surface area (Å²) < 4.78 is 7.14. The maximum Gasteiger partial charge on any atom is 0.410 e. The van der Waals surface area contributed by atoms with Gasteiger partial charge in [-0.2, -0.15) is 0 Å². The highest BCUT2D eigenvalue weighted by Crippen LogP contribution is 2.23. The van der Waals surface area contributed by atoms with Crippen LogP contribution in [0.5, 0.6) is 0 Å². The standard InChI is InChI=1S/C12H21N5O2/c1-12(2,3)19-11(18)17-6-5-13-7-10(17)9-8-14-15-16(9)4/h8,10,13H,5-7H2,1-4H3. The molecule has 0 aromatic carbocycles. The van der Waals surface area contributed by atoms with Gasteiger partial charge in [0, 0.05) is 26.7 Å². The lowest BCUT2D eigenvalue weighted by atomic mass is 10.1. The molecule has 1 N–H and O–H groups in total. The first-order chi connectivity index (χ1) is 8.88. The van der Waals surface area contributed by atoms with Crippen molar-refractivity contribution in [3.05, 3.63) is 11.9 Å². The lowest BCUT2D eigenvalue weighted by Gasteiger charge is -2.36. The topological polar surface area (TPSA) is 72.3 Å². The number of carbonyl (C=O) groups excluding carboxylic acids is 1. The van der Waals surface area contributed by atoms with E-state index in [9.17, 15) is 4.79 Å². The zero-order chi connectivity index (χ0) is 14.0. The fourth-order valence-electron chi connectivity index (χ4n) is 2.11. The SMILES string of the molecule is Cn1nncc1C1CNCCN1C(=O)OC(C)(C)C. The van der Waals surface area contributed by atoms with Gasteiger partial charge in [0.2, 0.25) is 0 Å². The maximum atomic E-state index is 12.3. The summed E-state index contributed by atoms with van der Waals surface area (Å²) in [7, 11) is 1.82. The second-order valence-corrected chi connectivity index (χ2v) is 5.68. The van der Waals surface area contributed by atoms with E-state index in [0.717, 1.165) is 12.2 Å². The summed E-state index contributed by atoms with van der Waals surface area (Å²) in [6.45, 7) is 7.67. The Hall–Kier alpha value is -1.63. The van der Waals surface area contributed by atoms with Crippen LogP contribution in [-0.4, -0.2) is 51.2 Å². The van der Waals surface area contributed by atoms with Gasteiger partial charge in [-0.1, -0.05) is 5.21 Å². The van der Waals surface area contributed by atoms with Gasteiger partial charge < -0.3 is 10.1 Å². The van der Waals surface area contributed by atoms with Crippen LogP contribution in [0.15, 0.2) is 6.20 Å². The second-order valence-electron chi connectivity index (χ2n) is 5.68. The minimum absolute atomic E-state index is 0.0939. The van der Waals surface area contributed by atoms with Gasteiger partial charge in [0.1, 0.15) is 5.60 Å². The maximum absolute atomic E-state index is 12.3. The number of amides is 1. The van der Waals surface area contributed by atoms with Crippen molar-refractivity contribution < 1.29 is 9.53 Å². The van der Waals surface area contributed by atoms with Crippen molar-refractivity contribution in [1.29, 1.82) is 0 Å². The number of hydrogen-bond donors (Lipinski definition) is 1. The van der Waals surface area contributed by atoms with E-state index in [1.165, 1.54) is 0 Å². The van der Waals surface area contributed by atoms with Crippen LogP contribution in [0.25, 0.3) is 0 Å². The minimum Gasteiger partial charge on any atom is -0.444 e. The predicted octanol–water partition coefficient (Wildman–Crippen LogP) is 0.696. The Morgan fingerprint density at radius 1 is 1.53 bits per heavy atom. The van der Waals surface area contributed by atoms with Gasteiger partial charge in [0.25, 0.3) is 0 Å². The Kier molecular flexibility index (Phi) is 3.75. The molecule has 1 saturated heterocycles. The number of nitrogens with zero attached hydrogens (tertiary/aromatic N) is 4. The molecular formula is C12H21N5O2. The van der Waals surface area contributed by atoms with Gasteiger partial charge in [-0.25, -0.2) is 4.79 Å². The van der Waals surface area contributed by atoms with Gasteiger partial charge in [0.05, 0.1) is 17.9 Å².